The molecule has 1 unspecified atom stereocenters. The van der Waals surface area contributed by atoms with Crippen molar-refractivity contribution in [2.24, 2.45) is 0 Å². The standard InChI is InChI=1S/C42H42F3N9O7/c1-21(49-19-23-6-5-7-25-34(23)41(61)54(40(25)60)32-12-13-33(55)53-39(32)59)36(56)47-14-3-4-15-48-38(58)30-11-8-22(18-50-30)26-16-27-31(17-29(26)42(43,44)45)51-20-28(35(27)46-2)37(57)52-24-9-10-24/h5-8,11,16-18,20-21,24,32,49H,3-4,9-10,12-15,19H2,1-2H3,(H,46,51)(H,47,56)(H,48,58)(H,52,57)(H,53,55,59)/t21-,32?/m1/s1. The number of halogens is 3. The second kappa shape index (κ2) is 17.5. The average molecular weight is 842 g/mol. The van der Waals surface area contributed by atoms with Gasteiger partial charge in [0.25, 0.3) is 23.6 Å². The van der Waals surface area contributed by atoms with Crippen LogP contribution in [0.2, 0.25) is 0 Å². The Morgan fingerprint density at radius 1 is 0.902 bits per heavy atom. The highest BCUT2D eigenvalue weighted by Gasteiger charge is 2.45. The summed E-state index contributed by atoms with van der Waals surface area (Å²) in [6.45, 7) is 2.22. The summed E-state index contributed by atoms with van der Waals surface area (Å²) >= 11 is 0. The molecule has 0 radical (unpaired) electrons. The lowest BCUT2D eigenvalue weighted by atomic mass is 9.96. The van der Waals surface area contributed by atoms with Crippen LogP contribution in [0.4, 0.5) is 18.9 Å². The number of fused-ring (bicyclic) bond motifs is 2. The first-order valence-corrected chi connectivity index (χ1v) is 19.8. The van der Waals surface area contributed by atoms with Crippen LogP contribution in [0.1, 0.15) is 98.1 Å². The Labute approximate surface area is 346 Å². The van der Waals surface area contributed by atoms with Crippen LogP contribution in [0.25, 0.3) is 22.0 Å². The van der Waals surface area contributed by atoms with Crippen LogP contribution in [0.5, 0.6) is 0 Å². The van der Waals surface area contributed by atoms with E-state index in [9.17, 15) is 46.7 Å². The molecule has 0 spiro atoms. The van der Waals surface area contributed by atoms with Crippen molar-refractivity contribution in [3.63, 3.8) is 0 Å². The molecule has 2 atom stereocenters. The number of aromatic nitrogens is 2. The maximum Gasteiger partial charge on any atom is 0.417 e. The van der Waals surface area contributed by atoms with E-state index in [4.69, 9.17) is 0 Å². The Balaban J connectivity index is 0.889. The number of imide groups is 2. The SMILES string of the molecule is CNc1c(C(=O)NC2CC2)cnc2cc(C(F)(F)F)c(-c3ccc(C(=O)NCCCCNC(=O)[C@@H](C)NCc4cccc5c4C(=O)N(C4CCC(=O)NC4=O)C5=O)nc3)cc12. The number of carbonyl (C=O) groups excluding carboxylic acids is 7. The average Bonchev–Trinajstić information content (AvgIpc) is 4.02. The van der Waals surface area contributed by atoms with Gasteiger partial charge in [-0.05, 0) is 74.4 Å². The highest BCUT2D eigenvalue weighted by atomic mass is 19.4. The number of carbonyl (C=O) groups is 7. The van der Waals surface area contributed by atoms with Crippen molar-refractivity contribution in [1.29, 1.82) is 0 Å². The number of amides is 7. The molecule has 2 fully saturated rings. The van der Waals surface area contributed by atoms with Gasteiger partial charge in [0.05, 0.1) is 39.5 Å². The van der Waals surface area contributed by atoms with Crippen molar-refractivity contribution >= 4 is 57.9 Å². The molecule has 1 saturated heterocycles. The zero-order valence-corrected chi connectivity index (χ0v) is 33.1. The summed E-state index contributed by atoms with van der Waals surface area (Å²) in [5.41, 5.74) is 0.273. The van der Waals surface area contributed by atoms with E-state index in [-0.39, 0.29) is 89.4 Å². The van der Waals surface area contributed by atoms with Crippen molar-refractivity contribution in [3.8, 4) is 11.1 Å². The van der Waals surface area contributed by atoms with Crippen LogP contribution < -0.4 is 31.9 Å². The lowest BCUT2D eigenvalue weighted by Crippen LogP contribution is -2.54. The van der Waals surface area contributed by atoms with E-state index < -0.39 is 53.4 Å². The minimum absolute atomic E-state index is 0.00280. The number of hydrogen-bond acceptors (Lipinski definition) is 11. The third kappa shape index (κ3) is 9.06. The van der Waals surface area contributed by atoms with Gasteiger partial charge in [0.2, 0.25) is 17.7 Å². The summed E-state index contributed by atoms with van der Waals surface area (Å²) in [4.78, 5) is 98.2. The topological polar surface area (TPSA) is 221 Å². The lowest BCUT2D eigenvalue weighted by molar-refractivity contribution is -0.137. The van der Waals surface area contributed by atoms with Crippen molar-refractivity contribution in [2.45, 2.75) is 76.3 Å². The molecule has 6 N–H and O–H groups in total. The van der Waals surface area contributed by atoms with Crippen molar-refractivity contribution in [2.75, 3.05) is 25.5 Å². The number of hydrogen-bond donors (Lipinski definition) is 6. The number of alkyl halides is 3. The van der Waals surface area contributed by atoms with Gasteiger partial charge >= 0.3 is 6.18 Å². The number of unbranched alkanes of at least 4 members (excludes halogenated alkanes) is 1. The second-order valence-corrected chi connectivity index (χ2v) is 15.0. The number of anilines is 1. The van der Waals surface area contributed by atoms with Crippen LogP contribution >= 0.6 is 0 Å². The summed E-state index contributed by atoms with van der Waals surface area (Å²) in [6.07, 6.45) is 0.438. The molecule has 16 nitrogen and oxygen atoms in total. The molecule has 1 saturated carbocycles. The van der Waals surface area contributed by atoms with Gasteiger partial charge in [-0.15, -0.1) is 0 Å². The first-order chi connectivity index (χ1) is 29.2. The minimum Gasteiger partial charge on any atom is -0.387 e. The molecule has 2 aromatic carbocycles. The minimum atomic E-state index is -4.74. The van der Waals surface area contributed by atoms with Gasteiger partial charge in [-0.3, -0.25) is 53.7 Å². The van der Waals surface area contributed by atoms with Gasteiger partial charge in [-0.2, -0.15) is 13.2 Å². The fourth-order valence-corrected chi connectivity index (χ4v) is 7.33. The Morgan fingerprint density at radius 2 is 1.66 bits per heavy atom. The fourth-order valence-electron chi connectivity index (χ4n) is 7.33. The third-order valence-corrected chi connectivity index (χ3v) is 10.8. The molecule has 19 heteroatoms. The normalized spacial score (nSPS) is 16.9. The first-order valence-electron chi connectivity index (χ1n) is 19.8. The molecule has 318 valence electrons. The van der Waals surface area contributed by atoms with Gasteiger partial charge in [0.15, 0.2) is 0 Å². The Kier molecular flexibility index (Phi) is 12.1. The van der Waals surface area contributed by atoms with Crippen LogP contribution in [-0.4, -0.2) is 94.5 Å². The summed E-state index contributed by atoms with van der Waals surface area (Å²) in [6, 6.07) is 7.97. The zero-order valence-electron chi connectivity index (χ0n) is 33.1. The molecule has 61 heavy (non-hydrogen) atoms. The van der Waals surface area contributed by atoms with Gasteiger partial charge in [-0.1, -0.05) is 18.2 Å². The number of nitrogens with zero attached hydrogens (tertiary/aromatic N) is 3. The van der Waals surface area contributed by atoms with Crippen molar-refractivity contribution in [3.05, 3.63) is 88.4 Å². The first kappa shape index (κ1) is 42.4. The van der Waals surface area contributed by atoms with E-state index in [2.05, 4.69) is 41.9 Å². The summed E-state index contributed by atoms with van der Waals surface area (Å²) in [5, 5.41) is 16.9. The quantitative estimate of drug-likeness (QED) is 0.0752. The fraction of sp³-hybridized carbons (Fsp3) is 0.357. The molecule has 1 aliphatic carbocycles. The van der Waals surface area contributed by atoms with Gasteiger partial charge in [0.1, 0.15) is 11.7 Å². The smallest absolute Gasteiger partial charge is 0.387 e. The third-order valence-electron chi connectivity index (χ3n) is 10.8. The number of piperidine rings is 1. The number of rotatable bonds is 15. The van der Waals surface area contributed by atoms with Gasteiger partial charge < -0.3 is 26.6 Å². The predicted molar refractivity (Wildman–Crippen MR) is 214 cm³/mol. The lowest BCUT2D eigenvalue weighted by Gasteiger charge is -2.27. The van der Waals surface area contributed by atoms with E-state index in [0.717, 1.165) is 23.8 Å². The molecule has 0 bridgehead atoms. The zero-order chi connectivity index (χ0) is 43.6. The van der Waals surface area contributed by atoms with E-state index in [1.807, 2.05) is 0 Å². The molecular weight excluding hydrogens is 800 g/mol. The molecular formula is C42H42F3N9O7. The Morgan fingerprint density at radius 3 is 2.33 bits per heavy atom. The molecule has 4 aromatic rings. The summed E-state index contributed by atoms with van der Waals surface area (Å²) in [5.74, 6) is -3.68. The predicted octanol–water partition coefficient (Wildman–Crippen LogP) is 3.46. The van der Waals surface area contributed by atoms with E-state index >= 15 is 0 Å². The van der Waals surface area contributed by atoms with E-state index in [0.29, 0.717) is 29.5 Å². The monoisotopic (exact) mass is 841 g/mol. The molecule has 4 heterocycles. The molecule has 7 amide bonds. The number of pyridine rings is 2. The van der Waals surface area contributed by atoms with Crippen LogP contribution in [0, 0.1) is 0 Å². The molecule has 3 aliphatic rings. The Hall–Kier alpha value is -6.76. The number of nitrogens with one attached hydrogen (secondary N) is 6. The van der Waals surface area contributed by atoms with Crippen LogP contribution in [0.15, 0.2) is 54.9 Å². The van der Waals surface area contributed by atoms with Crippen molar-refractivity contribution in [1.82, 2.24) is 41.5 Å². The van der Waals surface area contributed by atoms with Crippen LogP contribution in [0.3, 0.4) is 0 Å². The highest BCUT2D eigenvalue weighted by molar-refractivity contribution is 6.24. The molecule has 2 aromatic heterocycles. The highest BCUT2D eigenvalue weighted by Crippen LogP contribution is 2.41. The van der Waals surface area contributed by atoms with Gasteiger partial charge in [-0.25, -0.2) is 0 Å². The Bertz CT molecular complexity index is 2460. The summed E-state index contributed by atoms with van der Waals surface area (Å²) in [7, 11) is 1.57. The molecule has 7 rings (SSSR count). The van der Waals surface area contributed by atoms with E-state index in [1.165, 1.54) is 36.7 Å². The maximum atomic E-state index is 14.3. The van der Waals surface area contributed by atoms with Crippen molar-refractivity contribution < 1.29 is 46.7 Å². The largest absolute Gasteiger partial charge is 0.417 e. The summed E-state index contributed by atoms with van der Waals surface area (Å²) < 4.78 is 42.9. The van der Waals surface area contributed by atoms with Crippen LogP contribution in [-0.2, 0) is 27.1 Å². The van der Waals surface area contributed by atoms with Gasteiger partial charge in [0, 0.05) is 62.5 Å². The molecule has 2 aliphatic heterocycles. The second-order valence-electron chi connectivity index (χ2n) is 15.0. The van der Waals surface area contributed by atoms with E-state index in [1.54, 1.807) is 26.1 Å². The number of benzene rings is 2. The maximum absolute atomic E-state index is 14.3.